The van der Waals surface area contributed by atoms with Gasteiger partial charge in [-0.1, -0.05) is 24.3 Å². The lowest BCUT2D eigenvalue weighted by Gasteiger charge is -1.87. The first-order chi connectivity index (χ1) is 4.38. The van der Waals surface area contributed by atoms with Crippen molar-refractivity contribution in [2.75, 3.05) is 0 Å². The van der Waals surface area contributed by atoms with Gasteiger partial charge in [0, 0.05) is 12.0 Å². The maximum absolute atomic E-state index is 10.9. The number of carbonyl (C=O) groups is 1. The van der Waals surface area contributed by atoms with Crippen LogP contribution in [-0.2, 0) is 4.79 Å². The van der Waals surface area contributed by atoms with Crippen LogP contribution in [0.1, 0.15) is 6.42 Å². The largest absolute Gasteiger partial charge is 0.294 e. The molecule has 0 saturated heterocycles. The minimum absolute atomic E-state index is 0.259. The van der Waals surface area contributed by atoms with Gasteiger partial charge in [0.1, 0.15) is 0 Å². The van der Waals surface area contributed by atoms with E-state index in [9.17, 15) is 4.79 Å². The van der Waals surface area contributed by atoms with E-state index in [4.69, 9.17) is 0 Å². The molecule has 9 heavy (non-hydrogen) atoms. The zero-order chi connectivity index (χ0) is 6.27. The van der Waals surface area contributed by atoms with Gasteiger partial charge in [-0.25, -0.2) is 0 Å². The van der Waals surface area contributed by atoms with Crippen molar-refractivity contribution in [1.29, 1.82) is 0 Å². The first kappa shape index (κ1) is 4.74. The minimum atomic E-state index is 0.259. The maximum atomic E-state index is 10.9. The van der Waals surface area contributed by atoms with Crippen molar-refractivity contribution >= 4 is 5.78 Å². The third kappa shape index (κ3) is 0.515. The SMILES string of the molecule is O=C1CC=C2C=CC=C12. The van der Waals surface area contributed by atoms with Gasteiger partial charge in [-0.05, 0) is 5.57 Å². The fourth-order valence-electron chi connectivity index (χ4n) is 1.18. The lowest BCUT2D eigenvalue weighted by Crippen LogP contribution is -1.91. The summed E-state index contributed by atoms with van der Waals surface area (Å²) in [6.07, 6.45) is 8.34. The Morgan fingerprint density at radius 2 is 2.33 bits per heavy atom. The lowest BCUT2D eigenvalue weighted by molar-refractivity contribution is -0.114. The van der Waals surface area contributed by atoms with Crippen molar-refractivity contribution in [3.63, 3.8) is 0 Å². The Morgan fingerprint density at radius 1 is 1.44 bits per heavy atom. The molecule has 0 N–H and O–H groups in total. The standard InChI is InChI=1S/C8H6O/c9-8-5-4-6-2-1-3-7(6)8/h1-4H,5H2. The van der Waals surface area contributed by atoms with Crippen LogP contribution in [0.15, 0.2) is 35.5 Å². The molecule has 0 aliphatic heterocycles. The van der Waals surface area contributed by atoms with Crippen LogP contribution in [0.2, 0.25) is 0 Å². The van der Waals surface area contributed by atoms with E-state index < -0.39 is 0 Å². The summed E-state index contributed by atoms with van der Waals surface area (Å²) >= 11 is 0. The Morgan fingerprint density at radius 3 is 3.11 bits per heavy atom. The van der Waals surface area contributed by atoms with E-state index in [1.807, 2.05) is 24.3 Å². The van der Waals surface area contributed by atoms with E-state index >= 15 is 0 Å². The van der Waals surface area contributed by atoms with Crippen LogP contribution in [0.4, 0.5) is 0 Å². The average molecular weight is 118 g/mol. The molecule has 2 aliphatic carbocycles. The quantitative estimate of drug-likeness (QED) is 0.469. The highest BCUT2D eigenvalue weighted by Gasteiger charge is 2.19. The molecule has 0 spiro atoms. The van der Waals surface area contributed by atoms with Crippen molar-refractivity contribution in [2.45, 2.75) is 6.42 Å². The summed E-state index contributed by atoms with van der Waals surface area (Å²) in [6.45, 7) is 0. The van der Waals surface area contributed by atoms with E-state index in [0.717, 1.165) is 11.1 Å². The smallest absolute Gasteiger partial charge is 0.167 e. The molecule has 0 aromatic carbocycles. The van der Waals surface area contributed by atoms with Crippen LogP contribution >= 0.6 is 0 Å². The first-order valence-electron chi connectivity index (χ1n) is 3.00. The molecule has 44 valence electrons. The fourth-order valence-corrected chi connectivity index (χ4v) is 1.18. The van der Waals surface area contributed by atoms with Crippen LogP contribution < -0.4 is 0 Å². The maximum Gasteiger partial charge on any atom is 0.167 e. The Balaban J connectivity index is 2.53. The number of fused-ring (bicyclic) bond motifs is 1. The van der Waals surface area contributed by atoms with Gasteiger partial charge in [-0.15, -0.1) is 0 Å². The van der Waals surface area contributed by atoms with Crippen molar-refractivity contribution in [3.05, 3.63) is 35.5 Å². The van der Waals surface area contributed by atoms with Crippen molar-refractivity contribution in [3.8, 4) is 0 Å². The third-order valence-electron chi connectivity index (χ3n) is 1.66. The van der Waals surface area contributed by atoms with E-state index in [1.54, 1.807) is 0 Å². The predicted molar refractivity (Wildman–Crippen MR) is 34.9 cm³/mol. The molecule has 2 rings (SSSR count). The van der Waals surface area contributed by atoms with Gasteiger partial charge in [0.25, 0.3) is 0 Å². The van der Waals surface area contributed by atoms with Crippen LogP contribution in [0, 0.1) is 0 Å². The van der Waals surface area contributed by atoms with Crippen LogP contribution in [-0.4, -0.2) is 5.78 Å². The van der Waals surface area contributed by atoms with Gasteiger partial charge < -0.3 is 0 Å². The Labute approximate surface area is 53.4 Å². The van der Waals surface area contributed by atoms with E-state index in [1.165, 1.54) is 0 Å². The molecule has 0 amide bonds. The summed E-state index contributed by atoms with van der Waals surface area (Å²) in [5.74, 6) is 0.259. The van der Waals surface area contributed by atoms with Crippen molar-refractivity contribution < 1.29 is 4.79 Å². The molecular formula is C8H6O. The number of rotatable bonds is 0. The third-order valence-corrected chi connectivity index (χ3v) is 1.66. The van der Waals surface area contributed by atoms with Gasteiger partial charge in [0.05, 0.1) is 0 Å². The van der Waals surface area contributed by atoms with E-state index in [2.05, 4.69) is 0 Å². The zero-order valence-electron chi connectivity index (χ0n) is 4.92. The molecular weight excluding hydrogens is 112 g/mol. The lowest BCUT2D eigenvalue weighted by atomic mass is 10.2. The average Bonchev–Trinajstić information content (AvgIpc) is 2.35. The molecule has 0 saturated carbocycles. The number of allylic oxidation sites excluding steroid dienone is 6. The summed E-state index contributed by atoms with van der Waals surface area (Å²) in [7, 11) is 0. The minimum Gasteiger partial charge on any atom is -0.294 e. The molecule has 0 aromatic heterocycles. The predicted octanol–water partition coefficient (Wildman–Crippen LogP) is 1.38. The monoisotopic (exact) mass is 118 g/mol. The molecule has 0 heterocycles. The second-order valence-electron chi connectivity index (χ2n) is 2.23. The summed E-state index contributed by atoms with van der Waals surface area (Å²) in [5, 5.41) is 0. The Bertz CT molecular complexity index is 254. The topological polar surface area (TPSA) is 17.1 Å². The number of ketones is 1. The van der Waals surface area contributed by atoms with Gasteiger partial charge >= 0.3 is 0 Å². The van der Waals surface area contributed by atoms with Gasteiger partial charge in [-0.2, -0.15) is 0 Å². The van der Waals surface area contributed by atoms with Gasteiger partial charge in [0.2, 0.25) is 0 Å². The summed E-state index contributed by atoms with van der Waals surface area (Å²) in [6, 6.07) is 0. The molecule has 0 fully saturated rings. The zero-order valence-corrected chi connectivity index (χ0v) is 4.92. The Kier molecular flexibility index (Phi) is 0.758. The first-order valence-corrected chi connectivity index (χ1v) is 3.00. The summed E-state index contributed by atoms with van der Waals surface area (Å²) in [5.41, 5.74) is 2.01. The van der Waals surface area contributed by atoms with Crippen LogP contribution in [0.5, 0.6) is 0 Å². The molecule has 0 radical (unpaired) electrons. The normalized spacial score (nSPS) is 22.0. The summed E-state index contributed by atoms with van der Waals surface area (Å²) in [4.78, 5) is 10.9. The highest BCUT2D eigenvalue weighted by atomic mass is 16.1. The molecule has 2 aliphatic rings. The highest BCUT2D eigenvalue weighted by Crippen LogP contribution is 2.26. The van der Waals surface area contributed by atoms with Crippen molar-refractivity contribution in [2.24, 2.45) is 0 Å². The van der Waals surface area contributed by atoms with Gasteiger partial charge in [-0.3, -0.25) is 4.79 Å². The second-order valence-corrected chi connectivity index (χ2v) is 2.23. The highest BCUT2D eigenvalue weighted by molar-refractivity contribution is 6.05. The molecule has 0 bridgehead atoms. The molecule has 0 atom stereocenters. The number of carbonyl (C=O) groups excluding carboxylic acids is 1. The number of hydrogen-bond acceptors (Lipinski definition) is 1. The van der Waals surface area contributed by atoms with Crippen LogP contribution in [0.25, 0.3) is 0 Å². The summed E-state index contributed by atoms with van der Waals surface area (Å²) < 4.78 is 0. The Hall–Kier alpha value is -1.11. The van der Waals surface area contributed by atoms with Gasteiger partial charge in [0.15, 0.2) is 5.78 Å². The number of Topliss-reactive ketones (excluding diaryl/α,β-unsaturated/α-hetero) is 1. The molecule has 1 nitrogen and oxygen atoms in total. The van der Waals surface area contributed by atoms with E-state index in [0.29, 0.717) is 6.42 Å². The molecule has 0 aromatic rings. The van der Waals surface area contributed by atoms with Crippen molar-refractivity contribution in [1.82, 2.24) is 0 Å². The fraction of sp³-hybridized carbons (Fsp3) is 0.125. The van der Waals surface area contributed by atoms with Crippen LogP contribution in [0.3, 0.4) is 0 Å². The number of hydrogen-bond donors (Lipinski definition) is 0. The molecule has 0 unspecified atom stereocenters. The molecule has 1 heteroatoms. The van der Waals surface area contributed by atoms with E-state index in [-0.39, 0.29) is 5.78 Å². The second kappa shape index (κ2) is 1.44.